The Morgan fingerprint density at radius 2 is 1.00 bits per heavy atom. The molecular weight excluding hydrogens is 569 g/mol. The van der Waals surface area contributed by atoms with Crippen LogP contribution in [0.15, 0.2) is 146 Å². The second-order valence-corrected chi connectivity index (χ2v) is 12.1. The zero-order valence-corrected chi connectivity index (χ0v) is 24.9. The van der Waals surface area contributed by atoms with E-state index in [9.17, 15) is 0 Å². The lowest BCUT2D eigenvalue weighted by molar-refractivity contribution is 1.08. The lowest BCUT2D eigenvalue weighted by Crippen LogP contribution is -2.00. The van der Waals surface area contributed by atoms with Crippen molar-refractivity contribution in [2.24, 2.45) is 0 Å². The maximum atomic E-state index is 5.14. The van der Waals surface area contributed by atoms with E-state index in [2.05, 4.69) is 72.8 Å². The summed E-state index contributed by atoms with van der Waals surface area (Å²) in [5.41, 5.74) is 6.11. The summed E-state index contributed by atoms with van der Waals surface area (Å²) < 4.78 is 2.39. The highest BCUT2D eigenvalue weighted by atomic mass is 32.1. The van der Waals surface area contributed by atoms with E-state index in [0.29, 0.717) is 17.5 Å². The average Bonchev–Trinajstić information content (AvgIpc) is 3.50. The smallest absolute Gasteiger partial charge is 0.165 e. The van der Waals surface area contributed by atoms with Crippen LogP contribution in [0, 0.1) is 0 Å². The number of aromatic nitrogens is 4. The molecule has 0 aliphatic rings. The molecular formula is C40H24N4S. The predicted octanol–water partition coefficient (Wildman–Crippen LogP) is 10.6. The quantitative estimate of drug-likeness (QED) is 0.191. The van der Waals surface area contributed by atoms with Gasteiger partial charge in [0.25, 0.3) is 0 Å². The first-order valence-corrected chi connectivity index (χ1v) is 15.7. The summed E-state index contributed by atoms with van der Waals surface area (Å²) in [6, 6.07) is 48.5. The number of pyridine rings is 1. The SMILES string of the molecule is c1ccc(-c2nc(-c3ccccc3)nc(-c3cc(-c4cc5ncccc5c5ccccc45)cc4c3sc3ccccc34)n2)cc1. The van der Waals surface area contributed by atoms with Crippen molar-refractivity contribution in [2.75, 3.05) is 0 Å². The zero-order valence-electron chi connectivity index (χ0n) is 24.1. The Kier molecular flexibility index (Phi) is 5.96. The Balaban J connectivity index is 1.38. The van der Waals surface area contributed by atoms with Crippen LogP contribution in [-0.2, 0) is 0 Å². The van der Waals surface area contributed by atoms with Gasteiger partial charge in [0.2, 0.25) is 0 Å². The summed E-state index contributed by atoms with van der Waals surface area (Å²) >= 11 is 1.78. The second-order valence-electron chi connectivity index (χ2n) is 11.1. The van der Waals surface area contributed by atoms with Crippen molar-refractivity contribution >= 4 is 53.2 Å². The fourth-order valence-corrected chi connectivity index (χ4v) is 7.44. The number of fused-ring (bicyclic) bond motifs is 6. The molecule has 0 fully saturated rings. The van der Waals surface area contributed by atoms with Gasteiger partial charge in [-0.25, -0.2) is 15.0 Å². The molecule has 3 heterocycles. The number of rotatable bonds is 4. The van der Waals surface area contributed by atoms with Crippen molar-refractivity contribution in [2.45, 2.75) is 0 Å². The van der Waals surface area contributed by atoms with Crippen LogP contribution in [0.1, 0.15) is 0 Å². The maximum absolute atomic E-state index is 5.14. The number of hydrogen-bond acceptors (Lipinski definition) is 5. The van der Waals surface area contributed by atoms with Gasteiger partial charge >= 0.3 is 0 Å². The third-order valence-corrected chi connectivity index (χ3v) is 9.58. The second kappa shape index (κ2) is 10.4. The van der Waals surface area contributed by atoms with Crippen molar-refractivity contribution in [1.29, 1.82) is 0 Å². The van der Waals surface area contributed by atoms with Crippen LogP contribution in [0.5, 0.6) is 0 Å². The lowest BCUT2D eigenvalue weighted by Gasteiger charge is -2.13. The predicted molar refractivity (Wildman–Crippen MR) is 187 cm³/mol. The molecule has 45 heavy (non-hydrogen) atoms. The van der Waals surface area contributed by atoms with E-state index in [1.807, 2.05) is 72.9 Å². The Morgan fingerprint density at radius 3 is 1.73 bits per heavy atom. The van der Waals surface area contributed by atoms with Gasteiger partial charge in [0.15, 0.2) is 17.5 Å². The van der Waals surface area contributed by atoms with Crippen molar-refractivity contribution in [3.63, 3.8) is 0 Å². The highest BCUT2D eigenvalue weighted by molar-refractivity contribution is 7.26. The lowest BCUT2D eigenvalue weighted by atomic mass is 9.93. The molecule has 0 unspecified atom stereocenters. The molecule has 9 rings (SSSR count). The summed E-state index contributed by atoms with van der Waals surface area (Å²) in [6.07, 6.45) is 1.86. The van der Waals surface area contributed by atoms with Gasteiger partial charge in [-0.1, -0.05) is 109 Å². The fraction of sp³-hybridized carbons (Fsp3) is 0. The molecule has 0 radical (unpaired) electrons. The standard InChI is InChI=1S/C40H24N4S/c1-3-12-25(13-4-1)38-42-39(26-14-5-2-6-15-26)44-40(43-38)34-23-27(22-33-31-18-9-10-20-36(31)45-37(33)34)32-24-35-30(19-11-21-41-35)28-16-7-8-17-29(28)32/h1-24H. The molecule has 0 spiro atoms. The Hall–Kier alpha value is -5.78. The molecule has 9 aromatic rings. The van der Waals surface area contributed by atoms with Crippen LogP contribution in [0.25, 0.3) is 87.1 Å². The van der Waals surface area contributed by atoms with Crippen molar-refractivity contribution in [1.82, 2.24) is 19.9 Å². The topological polar surface area (TPSA) is 51.6 Å². The summed E-state index contributed by atoms with van der Waals surface area (Å²) in [5, 5.41) is 5.94. The van der Waals surface area contributed by atoms with E-state index in [1.165, 1.54) is 26.2 Å². The van der Waals surface area contributed by atoms with E-state index >= 15 is 0 Å². The molecule has 0 aliphatic carbocycles. The summed E-state index contributed by atoms with van der Waals surface area (Å²) in [5.74, 6) is 1.96. The first kappa shape index (κ1) is 25.7. The van der Waals surface area contributed by atoms with Crippen LogP contribution >= 0.6 is 11.3 Å². The van der Waals surface area contributed by atoms with Crippen LogP contribution < -0.4 is 0 Å². The van der Waals surface area contributed by atoms with E-state index in [1.54, 1.807) is 11.3 Å². The molecule has 0 amide bonds. The maximum Gasteiger partial charge on any atom is 0.165 e. The number of thiophene rings is 1. The molecule has 0 saturated carbocycles. The van der Waals surface area contributed by atoms with Gasteiger partial charge in [-0.3, -0.25) is 4.98 Å². The van der Waals surface area contributed by atoms with Crippen LogP contribution in [0.2, 0.25) is 0 Å². The van der Waals surface area contributed by atoms with Crippen molar-refractivity contribution in [3.8, 4) is 45.3 Å². The third-order valence-electron chi connectivity index (χ3n) is 8.36. The molecule has 6 aromatic carbocycles. The molecule has 3 aromatic heterocycles. The van der Waals surface area contributed by atoms with Crippen LogP contribution in [-0.4, -0.2) is 19.9 Å². The minimum absolute atomic E-state index is 0.652. The van der Waals surface area contributed by atoms with Gasteiger partial charge < -0.3 is 0 Å². The third kappa shape index (κ3) is 4.36. The van der Waals surface area contributed by atoms with Gasteiger partial charge in [0, 0.05) is 48.4 Å². The first-order valence-electron chi connectivity index (χ1n) is 14.9. The normalized spacial score (nSPS) is 11.6. The van der Waals surface area contributed by atoms with E-state index in [0.717, 1.165) is 43.4 Å². The minimum atomic E-state index is 0.652. The van der Waals surface area contributed by atoms with E-state index in [-0.39, 0.29) is 0 Å². The highest BCUT2D eigenvalue weighted by Crippen LogP contribution is 2.44. The zero-order chi connectivity index (χ0) is 29.7. The van der Waals surface area contributed by atoms with Crippen molar-refractivity contribution in [3.05, 3.63) is 146 Å². The summed E-state index contributed by atoms with van der Waals surface area (Å²) in [4.78, 5) is 20.0. The van der Waals surface area contributed by atoms with Gasteiger partial charge in [0.1, 0.15) is 0 Å². The molecule has 0 bridgehead atoms. The molecule has 0 atom stereocenters. The largest absolute Gasteiger partial charge is 0.256 e. The van der Waals surface area contributed by atoms with Gasteiger partial charge in [-0.15, -0.1) is 11.3 Å². The van der Waals surface area contributed by atoms with E-state index in [4.69, 9.17) is 19.9 Å². The van der Waals surface area contributed by atoms with Gasteiger partial charge in [-0.05, 0) is 52.2 Å². The molecule has 0 N–H and O–H groups in total. The number of nitrogens with zero attached hydrogens (tertiary/aromatic N) is 4. The summed E-state index contributed by atoms with van der Waals surface area (Å²) in [6.45, 7) is 0. The minimum Gasteiger partial charge on any atom is -0.256 e. The monoisotopic (exact) mass is 592 g/mol. The average molecular weight is 593 g/mol. The molecule has 0 aliphatic heterocycles. The number of hydrogen-bond donors (Lipinski definition) is 0. The summed E-state index contributed by atoms with van der Waals surface area (Å²) in [7, 11) is 0. The van der Waals surface area contributed by atoms with Crippen LogP contribution in [0.3, 0.4) is 0 Å². The van der Waals surface area contributed by atoms with Gasteiger partial charge in [-0.2, -0.15) is 0 Å². The Labute approximate surface area is 263 Å². The van der Waals surface area contributed by atoms with E-state index < -0.39 is 0 Å². The van der Waals surface area contributed by atoms with Crippen LogP contribution in [0.4, 0.5) is 0 Å². The Bertz CT molecular complexity index is 2480. The molecule has 4 nitrogen and oxygen atoms in total. The van der Waals surface area contributed by atoms with Gasteiger partial charge in [0.05, 0.1) is 5.52 Å². The number of benzene rings is 6. The fourth-order valence-electron chi connectivity index (χ4n) is 6.24. The highest BCUT2D eigenvalue weighted by Gasteiger charge is 2.19. The van der Waals surface area contributed by atoms with Crippen molar-refractivity contribution < 1.29 is 0 Å². The first-order chi connectivity index (χ1) is 22.3. The molecule has 5 heteroatoms. The molecule has 0 saturated heterocycles. The Morgan fingerprint density at radius 1 is 0.400 bits per heavy atom. The molecule has 210 valence electrons.